The zero-order valence-corrected chi connectivity index (χ0v) is 20.5. The Morgan fingerprint density at radius 1 is 0.611 bits per heavy atom. The largest absolute Gasteiger partial charge is 0.362 e. The van der Waals surface area contributed by atoms with Gasteiger partial charge >= 0.3 is 11.4 Å². The average molecular weight is 492 g/mol. The standard InChI is InChI=1S/C30H25N3O2S/c34-27-31(18-8-2-1-3-9-18)28(35)33-32(27)29(23-14-15-24(29)20-11-5-4-10-19(20)23)30(36-33)25-16-17-26(30)22-13-7-6-12-21(22)25/h1-13,23-26H,14-17H2/t23-,24+,25-,26+,29?,30?. The van der Waals surface area contributed by atoms with Crippen LogP contribution in [-0.4, -0.2) is 18.1 Å². The van der Waals surface area contributed by atoms with Crippen molar-refractivity contribution in [3.63, 3.8) is 0 Å². The quantitative estimate of drug-likeness (QED) is 0.373. The number of hydrogen-bond acceptors (Lipinski definition) is 3. The van der Waals surface area contributed by atoms with Gasteiger partial charge in [0.05, 0.1) is 16.0 Å². The van der Waals surface area contributed by atoms with Crippen LogP contribution in [-0.2, 0) is 5.54 Å². The Morgan fingerprint density at radius 3 is 1.64 bits per heavy atom. The van der Waals surface area contributed by atoms with Gasteiger partial charge in [-0.05, 0) is 72.0 Å². The van der Waals surface area contributed by atoms with Gasteiger partial charge in [-0.25, -0.2) is 18.8 Å². The fraction of sp³-hybridized carbons (Fsp3) is 0.333. The Balaban J connectivity index is 1.40. The van der Waals surface area contributed by atoms with Crippen molar-refractivity contribution in [1.82, 2.24) is 13.3 Å². The van der Waals surface area contributed by atoms with E-state index in [2.05, 4.69) is 48.5 Å². The summed E-state index contributed by atoms with van der Waals surface area (Å²) in [6, 6.07) is 27.2. The molecule has 6 heteroatoms. The molecular formula is C30H25N3O2S. The van der Waals surface area contributed by atoms with Crippen LogP contribution in [0.15, 0.2) is 88.5 Å². The zero-order valence-electron chi connectivity index (χ0n) is 19.7. The lowest BCUT2D eigenvalue weighted by molar-refractivity contribution is 0.147. The van der Waals surface area contributed by atoms with Crippen LogP contribution in [0.1, 0.15) is 71.6 Å². The molecule has 1 aliphatic heterocycles. The fourth-order valence-corrected chi connectivity index (χ4v) is 11.4. The lowest BCUT2D eigenvalue weighted by atomic mass is 9.67. The topological polar surface area (TPSA) is 48.9 Å². The lowest BCUT2D eigenvalue weighted by Gasteiger charge is -2.46. The molecule has 36 heavy (non-hydrogen) atoms. The maximum atomic E-state index is 14.5. The number of fused-ring (bicyclic) bond motifs is 7. The van der Waals surface area contributed by atoms with Crippen LogP contribution in [0.3, 0.4) is 0 Å². The van der Waals surface area contributed by atoms with E-state index in [1.165, 1.54) is 26.8 Å². The minimum atomic E-state index is -0.442. The number of rotatable bonds is 1. The second-order valence-corrected chi connectivity index (χ2v) is 12.4. The number of nitrogens with zero attached hydrogens (tertiary/aromatic N) is 3. The predicted molar refractivity (Wildman–Crippen MR) is 140 cm³/mol. The van der Waals surface area contributed by atoms with Gasteiger partial charge < -0.3 is 0 Å². The fourth-order valence-electron chi connectivity index (χ4n) is 9.39. The molecule has 9 rings (SSSR count). The third kappa shape index (κ3) is 1.87. The number of hydrogen-bond donors (Lipinski definition) is 0. The molecule has 2 heterocycles. The van der Waals surface area contributed by atoms with Crippen molar-refractivity contribution in [2.24, 2.45) is 0 Å². The highest BCUT2D eigenvalue weighted by molar-refractivity contribution is 7.99. The van der Waals surface area contributed by atoms with Crippen molar-refractivity contribution in [3.8, 4) is 5.69 Å². The van der Waals surface area contributed by atoms with Crippen LogP contribution in [0.4, 0.5) is 0 Å². The van der Waals surface area contributed by atoms with Crippen LogP contribution >= 0.6 is 11.9 Å². The summed E-state index contributed by atoms with van der Waals surface area (Å²) < 4.78 is 4.92. The maximum Gasteiger partial charge on any atom is 0.362 e. The monoisotopic (exact) mass is 491 g/mol. The molecule has 4 aromatic rings. The normalized spacial score (nSPS) is 34.0. The number of para-hydroxylation sites is 1. The minimum Gasteiger partial charge on any atom is -0.245 e. The first kappa shape index (κ1) is 19.9. The summed E-state index contributed by atoms with van der Waals surface area (Å²) in [7, 11) is 0. The molecule has 0 radical (unpaired) electrons. The Bertz CT molecular complexity index is 1650. The van der Waals surface area contributed by atoms with Crippen LogP contribution in [0.25, 0.3) is 5.69 Å². The van der Waals surface area contributed by atoms with Crippen molar-refractivity contribution in [3.05, 3.63) is 122 Å². The summed E-state index contributed by atoms with van der Waals surface area (Å²) in [6.07, 6.45) is 4.38. The van der Waals surface area contributed by atoms with Crippen molar-refractivity contribution >= 4 is 11.9 Å². The van der Waals surface area contributed by atoms with E-state index in [1.54, 1.807) is 16.0 Å². The van der Waals surface area contributed by atoms with Gasteiger partial charge in [0.1, 0.15) is 0 Å². The molecular weight excluding hydrogens is 466 g/mol. The maximum absolute atomic E-state index is 14.5. The third-order valence-corrected chi connectivity index (χ3v) is 11.9. The first-order valence-corrected chi connectivity index (χ1v) is 13.9. The van der Waals surface area contributed by atoms with E-state index >= 15 is 0 Å². The molecule has 2 fully saturated rings. The Hall–Kier alpha value is -3.25. The molecule has 5 aliphatic rings. The molecule has 0 amide bonds. The third-order valence-electron chi connectivity index (χ3n) is 10.2. The van der Waals surface area contributed by atoms with E-state index in [-0.39, 0.29) is 28.0 Å². The van der Waals surface area contributed by atoms with Gasteiger partial charge in [0.25, 0.3) is 0 Å². The van der Waals surface area contributed by atoms with Gasteiger partial charge in [0, 0.05) is 23.7 Å². The van der Waals surface area contributed by atoms with E-state index in [9.17, 15) is 9.59 Å². The van der Waals surface area contributed by atoms with Crippen molar-refractivity contribution in [2.45, 2.75) is 59.6 Å². The molecule has 4 aliphatic carbocycles. The highest BCUT2D eigenvalue weighted by Gasteiger charge is 2.80. The van der Waals surface area contributed by atoms with Crippen LogP contribution < -0.4 is 11.4 Å². The average Bonchev–Trinajstić information content (AvgIpc) is 3.73. The zero-order chi connectivity index (χ0) is 23.8. The highest BCUT2D eigenvalue weighted by atomic mass is 32.2. The van der Waals surface area contributed by atoms with Crippen LogP contribution in [0, 0.1) is 0 Å². The lowest BCUT2D eigenvalue weighted by Crippen LogP contribution is -2.57. The van der Waals surface area contributed by atoms with E-state index in [0.717, 1.165) is 25.7 Å². The van der Waals surface area contributed by atoms with E-state index in [0.29, 0.717) is 17.5 Å². The number of benzene rings is 3. The molecule has 0 N–H and O–H groups in total. The summed E-state index contributed by atoms with van der Waals surface area (Å²) in [5, 5.41) is 0. The summed E-state index contributed by atoms with van der Waals surface area (Å²) in [4.78, 5) is 28.5. The van der Waals surface area contributed by atoms with Gasteiger partial charge in [-0.1, -0.05) is 66.7 Å². The summed E-state index contributed by atoms with van der Waals surface area (Å²) in [5.41, 5.74) is 5.47. The van der Waals surface area contributed by atoms with Crippen LogP contribution in [0.5, 0.6) is 0 Å². The van der Waals surface area contributed by atoms with E-state index in [1.807, 2.05) is 35.0 Å². The Labute approximate surface area is 212 Å². The number of aromatic nitrogens is 3. The van der Waals surface area contributed by atoms with Crippen molar-refractivity contribution in [2.75, 3.05) is 0 Å². The van der Waals surface area contributed by atoms with Gasteiger partial charge in [-0.15, -0.1) is 0 Å². The summed E-state index contributed by atoms with van der Waals surface area (Å²) in [6.45, 7) is 0. The summed E-state index contributed by atoms with van der Waals surface area (Å²) in [5.74, 6) is 1.16. The first-order chi connectivity index (χ1) is 17.7. The van der Waals surface area contributed by atoms with Crippen molar-refractivity contribution < 1.29 is 0 Å². The molecule has 0 saturated heterocycles. The molecule has 5 nitrogen and oxygen atoms in total. The Kier molecular flexibility index (Phi) is 3.51. The molecule has 2 unspecified atom stereocenters. The smallest absolute Gasteiger partial charge is 0.245 e. The molecule has 6 atom stereocenters. The van der Waals surface area contributed by atoms with Crippen LogP contribution in [0.2, 0.25) is 0 Å². The molecule has 178 valence electrons. The van der Waals surface area contributed by atoms with Gasteiger partial charge in [0.15, 0.2) is 0 Å². The molecule has 3 aromatic carbocycles. The van der Waals surface area contributed by atoms with Gasteiger partial charge in [-0.3, -0.25) is 0 Å². The minimum absolute atomic E-state index is 0.185. The Morgan fingerprint density at radius 2 is 1.08 bits per heavy atom. The SMILES string of the molecule is O=c1n(-c2ccccc2)c(=O)n2n1SC1([C@@H]3CC[C@H]1c1ccccc13)C21[C@@H]2CC[C@H]1c1ccccc12. The summed E-state index contributed by atoms with van der Waals surface area (Å²) >= 11 is 1.70. The van der Waals surface area contributed by atoms with Gasteiger partial charge in [0.2, 0.25) is 0 Å². The molecule has 1 aromatic heterocycles. The molecule has 2 saturated carbocycles. The molecule has 2 spiro atoms. The van der Waals surface area contributed by atoms with Gasteiger partial charge in [-0.2, -0.15) is 4.09 Å². The van der Waals surface area contributed by atoms with E-state index in [4.69, 9.17) is 0 Å². The second-order valence-electron chi connectivity index (χ2n) is 11.2. The predicted octanol–water partition coefficient (Wildman–Crippen LogP) is 5.09. The highest BCUT2D eigenvalue weighted by Crippen LogP contribution is 2.81. The van der Waals surface area contributed by atoms with E-state index < -0.39 is 5.54 Å². The first-order valence-electron chi connectivity index (χ1n) is 13.1. The molecule has 4 bridgehead atoms. The second kappa shape index (κ2) is 6.35. The van der Waals surface area contributed by atoms with Crippen molar-refractivity contribution in [1.29, 1.82) is 0 Å².